The summed E-state index contributed by atoms with van der Waals surface area (Å²) < 4.78 is 5.79. The van der Waals surface area contributed by atoms with Crippen molar-refractivity contribution >= 4 is 11.3 Å². The van der Waals surface area contributed by atoms with E-state index in [4.69, 9.17) is 4.74 Å². The fourth-order valence-electron chi connectivity index (χ4n) is 2.85. The van der Waals surface area contributed by atoms with Crippen molar-refractivity contribution in [1.29, 1.82) is 0 Å². The Labute approximate surface area is 126 Å². The molecule has 1 N–H and O–H groups in total. The van der Waals surface area contributed by atoms with Crippen molar-refractivity contribution in [1.82, 2.24) is 10.2 Å². The lowest BCUT2D eigenvalue weighted by Gasteiger charge is -2.38. The Balaban J connectivity index is 1.58. The van der Waals surface area contributed by atoms with Crippen LogP contribution in [0.25, 0.3) is 0 Å². The number of hydrogen-bond acceptors (Lipinski definition) is 4. The molecule has 1 aliphatic heterocycles. The highest BCUT2D eigenvalue weighted by atomic mass is 32.1. The number of nitrogens with zero attached hydrogens (tertiary/aromatic N) is 1. The van der Waals surface area contributed by atoms with Gasteiger partial charge in [0.25, 0.3) is 0 Å². The Morgan fingerprint density at radius 3 is 2.95 bits per heavy atom. The van der Waals surface area contributed by atoms with Crippen LogP contribution in [0.5, 0.6) is 0 Å². The van der Waals surface area contributed by atoms with Crippen LogP contribution in [-0.2, 0) is 17.8 Å². The summed E-state index contributed by atoms with van der Waals surface area (Å²) in [6.07, 6.45) is 2.72. The molecule has 0 atom stereocenters. The molecule has 0 aromatic carbocycles. The number of ether oxygens (including phenoxy) is 1. The molecule has 1 aromatic heterocycles. The lowest BCUT2D eigenvalue weighted by molar-refractivity contribution is -0.0882. The molecule has 1 saturated carbocycles. The lowest BCUT2D eigenvalue weighted by Crippen LogP contribution is -2.47. The van der Waals surface area contributed by atoms with Crippen molar-refractivity contribution in [3.63, 3.8) is 0 Å². The second kappa shape index (κ2) is 5.76. The highest BCUT2D eigenvalue weighted by Gasteiger charge is 2.27. The van der Waals surface area contributed by atoms with E-state index < -0.39 is 0 Å². The molecule has 0 bridgehead atoms. The topological polar surface area (TPSA) is 24.5 Å². The molecule has 2 aliphatic rings. The van der Waals surface area contributed by atoms with Gasteiger partial charge in [-0.3, -0.25) is 4.90 Å². The third-order valence-corrected chi connectivity index (χ3v) is 5.21. The fourth-order valence-corrected chi connectivity index (χ4v) is 3.86. The zero-order chi connectivity index (χ0) is 14.2. The molecule has 0 spiro atoms. The van der Waals surface area contributed by atoms with Gasteiger partial charge in [-0.25, -0.2) is 0 Å². The lowest BCUT2D eigenvalue weighted by atomic mass is 10.1. The minimum absolute atomic E-state index is 0.00145. The van der Waals surface area contributed by atoms with Crippen molar-refractivity contribution in [2.24, 2.45) is 0 Å². The number of rotatable bonds is 5. The molecule has 4 heteroatoms. The Bertz CT molecular complexity index is 465. The van der Waals surface area contributed by atoms with Crippen LogP contribution in [0.15, 0.2) is 6.07 Å². The summed E-state index contributed by atoms with van der Waals surface area (Å²) in [5, 5.41) is 3.61. The van der Waals surface area contributed by atoms with Gasteiger partial charge >= 0.3 is 0 Å². The van der Waals surface area contributed by atoms with Crippen molar-refractivity contribution < 1.29 is 4.74 Å². The second-order valence-corrected chi connectivity index (χ2v) is 8.11. The van der Waals surface area contributed by atoms with E-state index in [2.05, 4.69) is 37.1 Å². The first-order chi connectivity index (χ1) is 9.52. The molecule has 0 radical (unpaired) electrons. The fraction of sp³-hybridized carbons (Fsp3) is 0.750. The quantitative estimate of drug-likeness (QED) is 0.903. The highest BCUT2D eigenvalue weighted by molar-refractivity contribution is 7.12. The summed E-state index contributed by atoms with van der Waals surface area (Å²) in [7, 11) is 0. The number of nitrogens with one attached hydrogen (secondary N) is 1. The molecule has 0 amide bonds. The number of aryl methyl sites for hydroxylation is 1. The molecule has 2 fully saturated rings. The average Bonchev–Trinajstić information content (AvgIpc) is 3.12. The Kier molecular flexibility index (Phi) is 4.18. The van der Waals surface area contributed by atoms with Crippen LogP contribution in [0.3, 0.4) is 0 Å². The smallest absolute Gasteiger partial charge is 0.0753 e. The first kappa shape index (κ1) is 14.5. The average molecular weight is 294 g/mol. The van der Waals surface area contributed by atoms with E-state index in [9.17, 15) is 0 Å². The predicted octanol–water partition coefficient (Wildman–Crippen LogP) is 2.92. The maximum Gasteiger partial charge on any atom is 0.0753 e. The molecule has 20 heavy (non-hydrogen) atoms. The Hall–Kier alpha value is -0.420. The van der Waals surface area contributed by atoms with E-state index in [-0.39, 0.29) is 5.60 Å². The summed E-state index contributed by atoms with van der Waals surface area (Å²) in [5.41, 5.74) is 1.50. The van der Waals surface area contributed by atoms with Crippen molar-refractivity contribution in [3.8, 4) is 0 Å². The van der Waals surface area contributed by atoms with Crippen LogP contribution in [0.1, 0.15) is 42.0 Å². The molecule has 112 valence electrons. The largest absolute Gasteiger partial charge is 0.373 e. The molecule has 2 heterocycles. The summed E-state index contributed by atoms with van der Waals surface area (Å²) in [6, 6.07) is 3.19. The van der Waals surface area contributed by atoms with Crippen molar-refractivity contribution in [3.05, 3.63) is 21.4 Å². The third-order valence-electron chi connectivity index (χ3n) is 4.11. The van der Waals surface area contributed by atoms with E-state index in [1.54, 1.807) is 0 Å². The molecule has 1 aliphatic carbocycles. The van der Waals surface area contributed by atoms with Gasteiger partial charge < -0.3 is 10.1 Å². The van der Waals surface area contributed by atoms with Gasteiger partial charge in [-0.2, -0.15) is 0 Å². The van der Waals surface area contributed by atoms with Crippen molar-refractivity contribution in [2.75, 3.05) is 19.7 Å². The van der Waals surface area contributed by atoms with Gasteiger partial charge in [0, 0.05) is 42.0 Å². The second-order valence-electron chi connectivity index (χ2n) is 6.77. The highest BCUT2D eigenvalue weighted by Crippen LogP contribution is 2.26. The normalized spacial score (nSPS) is 23.1. The number of thiophene rings is 1. The van der Waals surface area contributed by atoms with Gasteiger partial charge in [0.05, 0.1) is 12.2 Å². The van der Waals surface area contributed by atoms with Crippen LogP contribution in [-0.4, -0.2) is 36.2 Å². The van der Waals surface area contributed by atoms with Gasteiger partial charge in [-0.05, 0) is 45.2 Å². The molecule has 1 saturated heterocycles. The Morgan fingerprint density at radius 2 is 2.25 bits per heavy atom. The third kappa shape index (κ3) is 3.82. The van der Waals surface area contributed by atoms with Gasteiger partial charge in [0.15, 0.2) is 0 Å². The predicted molar refractivity (Wildman–Crippen MR) is 84.2 cm³/mol. The van der Waals surface area contributed by atoms with Gasteiger partial charge in [-0.15, -0.1) is 11.3 Å². The monoisotopic (exact) mass is 294 g/mol. The van der Waals surface area contributed by atoms with Crippen LogP contribution in [0.4, 0.5) is 0 Å². The Morgan fingerprint density at radius 1 is 1.45 bits per heavy atom. The van der Waals surface area contributed by atoms with Crippen LogP contribution < -0.4 is 5.32 Å². The minimum Gasteiger partial charge on any atom is -0.373 e. The minimum atomic E-state index is -0.00145. The number of hydrogen-bond donors (Lipinski definition) is 1. The summed E-state index contributed by atoms with van der Waals surface area (Å²) >= 11 is 1.95. The van der Waals surface area contributed by atoms with Crippen LogP contribution >= 0.6 is 11.3 Å². The van der Waals surface area contributed by atoms with E-state index in [0.717, 1.165) is 38.8 Å². The number of morpholine rings is 1. The van der Waals surface area contributed by atoms with Crippen molar-refractivity contribution in [2.45, 2.75) is 58.3 Å². The van der Waals surface area contributed by atoms with E-state index in [1.165, 1.54) is 28.2 Å². The van der Waals surface area contributed by atoms with Crippen LogP contribution in [0.2, 0.25) is 0 Å². The van der Waals surface area contributed by atoms with E-state index in [1.807, 2.05) is 11.3 Å². The van der Waals surface area contributed by atoms with Gasteiger partial charge in [-0.1, -0.05) is 0 Å². The van der Waals surface area contributed by atoms with E-state index in [0.29, 0.717) is 0 Å². The zero-order valence-electron chi connectivity index (χ0n) is 12.9. The van der Waals surface area contributed by atoms with Gasteiger partial charge in [0.2, 0.25) is 0 Å². The molecular formula is C16H26N2OS. The van der Waals surface area contributed by atoms with Crippen LogP contribution in [0, 0.1) is 6.92 Å². The standard InChI is InChI=1S/C16H26N2OS/c1-12-13(8-15(20-12)9-17-14-4-5-14)10-18-6-7-19-16(2,3)11-18/h8,14,17H,4-7,9-11H2,1-3H3. The zero-order valence-corrected chi connectivity index (χ0v) is 13.7. The molecule has 3 nitrogen and oxygen atoms in total. The maximum atomic E-state index is 5.79. The summed E-state index contributed by atoms with van der Waals surface area (Å²) in [5.74, 6) is 0. The SMILES string of the molecule is Cc1sc(CNC2CC2)cc1CN1CCOC(C)(C)C1. The van der Waals surface area contributed by atoms with E-state index >= 15 is 0 Å². The first-order valence-electron chi connectivity index (χ1n) is 7.70. The maximum absolute atomic E-state index is 5.79. The summed E-state index contributed by atoms with van der Waals surface area (Å²) in [4.78, 5) is 5.48. The molecule has 1 aromatic rings. The van der Waals surface area contributed by atoms with Gasteiger partial charge in [0.1, 0.15) is 0 Å². The first-order valence-corrected chi connectivity index (χ1v) is 8.51. The summed E-state index contributed by atoms with van der Waals surface area (Å²) in [6.45, 7) is 11.7. The molecule has 0 unspecified atom stereocenters. The molecular weight excluding hydrogens is 268 g/mol. The molecule has 3 rings (SSSR count).